The number of nitriles is 1. The second-order valence-electron chi connectivity index (χ2n) is 2.48. The molecule has 13 heavy (non-hydrogen) atoms. The fourth-order valence-corrected chi connectivity index (χ4v) is 0.944. The van der Waals surface area contributed by atoms with Crippen LogP contribution in [0.25, 0.3) is 0 Å². The number of hydrogen-bond acceptors (Lipinski definition) is 4. The molecular weight excluding hydrogens is 170 g/mol. The van der Waals surface area contributed by atoms with Crippen molar-refractivity contribution in [2.45, 2.75) is 6.42 Å². The normalized spacial score (nSPS) is 9.15. The number of nitro groups is 1. The van der Waals surface area contributed by atoms with Crippen molar-refractivity contribution in [1.82, 2.24) is 0 Å². The van der Waals surface area contributed by atoms with E-state index < -0.39 is 4.92 Å². The fourth-order valence-electron chi connectivity index (χ4n) is 0.944. The first-order chi connectivity index (χ1) is 6.15. The molecule has 0 aliphatic heterocycles. The molecule has 0 saturated carbocycles. The average Bonchev–Trinajstić information content (AvgIpc) is 2.08. The lowest BCUT2D eigenvalue weighted by Crippen LogP contribution is -1.95. The Morgan fingerprint density at radius 1 is 1.62 bits per heavy atom. The van der Waals surface area contributed by atoms with Crippen LogP contribution >= 0.6 is 0 Å². The summed E-state index contributed by atoms with van der Waals surface area (Å²) in [6, 6.07) is 5.96. The van der Waals surface area contributed by atoms with Crippen molar-refractivity contribution in [3.05, 3.63) is 33.9 Å². The van der Waals surface area contributed by atoms with Gasteiger partial charge in [0, 0.05) is 17.8 Å². The summed E-state index contributed by atoms with van der Waals surface area (Å²) < 4.78 is 0. The lowest BCUT2D eigenvalue weighted by atomic mass is 10.1. The van der Waals surface area contributed by atoms with Gasteiger partial charge in [-0.1, -0.05) is 0 Å². The monoisotopic (exact) mass is 177 g/mol. The molecule has 1 aromatic rings. The van der Waals surface area contributed by atoms with E-state index in [1.54, 1.807) is 0 Å². The Kier molecular flexibility index (Phi) is 2.45. The Bertz CT molecular complexity index is 381. The summed E-state index contributed by atoms with van der Waals surface area (Å²) in [6.07, 6.45) is 0.0908. The maximum Gasteiger partial charge on any atom is 0.269 e. The highest BCUT2D eigenvalue weighted by molar-refractivity contribution is 5.53. The molecular formula is C8H7N3O2. The SMILES string of the molecule is N#CCc1cc([N+](=O)[O-])ccc1N. The molecule has 0 bridgehead atoms. The zero-order chi connectivity index (χ0) is 9.84. The highest BCUT2D eigenvalue weighted by atomic mass is 16.6. The number of non-ortho nitro benzene ring substituents is 1. The van der Waals surface area contributed by atoms with Gasteiger partial charge in [0.15, 0.2) is 0 Å². The third-order valence-corrected chi connectivity index (χ3v) is 1.61. The molecule has 5 nitrogen and oxygen atoms in total. The molecule has 5 heteroatoms. The first-order valence-corrected chi connectivity index (χ1v) is 3.55. The van der Waals surface area contributed by atoms with E-state index in [-0.39, 0.29) is 12.1 Å². The molecule has 0 fully saturated rings. The molecule has 0 aliphatic rings. The Hall–Kier alpha value is -2.09. The largest absolute Gasteiger partial charge is 0.398 e. The molecule has 0 aliphatic carbocycles. The van der Waals surface area contributed by atoms with Crippen LogP contribution in [-0.4, -0.2) is 4.92 Å². The first kappa shape index (κ1) is 9.00. The molecule has 66 valence electrons. The number of rotatable bonds is 2. The molecule has 1 rings (SSSR count). The van der Waals surface area contributed by atoms with Crippen LogP contribution in [0, 0.1) is 21.4 Å². The van der Waals surface area contributed by atoms with Gasteiger partial charge in [-0.25, -0.2) is 0 Å². The summed E-state index contributed by atoms with van der Waals surface area (Å²) in [5, 5.41) is 18.7. The van der Waals surface area contributed by atoms with Gasteiger partial charge in [0.05, 0.1) is 17.4 Å². The molecule has 0 unspecified atom stereocenters. The van der Waals surface area contributed by atoms with Gasteiger partial charge in [-0.05, 0) is 11.6 Å². The smallest absolute Gasteiger partial charge is 0.269 e. The topological polar surface area (TPSA) is 92.9 Å². The maximum atomic E-state index is 10.4. The molecule has 0 aromatic heterocycles. The first-order valence-electron chi connectivity index (χ1n) is 3.55. The van der Waals surface area contributed by atoms with Crippen LogP contribution in [-0.2, 0) is 6.42 Å². The van der Waals surface area contributed by atoms with Gasteiger partial charge in [0.2, 0.25) is 0 Å². The Morgan fingerprint density at radius 3 is 2.85 bits per heavy atom. The van der Waals surface area contributed by atoms with Gasteiger partial charge in [-0.3, -0.25) is 10.1 Å². The van der Waals surface area contributed by atoms with Gasteiger partial charge in [0.1, 0.15) is 0 Å². The summed E-state index contributed by atoms with van der Waals surface area (Å²) >= 11 is 0. The highest BCUT2D eigenvalue weighted by Crippen LogP contribution is 2.19. The van der Waals surface area contributed by atoms with Crippen molar-refractivity contribution in [1.29, 1.82) is 5.26 Å². The number of hydrogen-bond donors (Lipinski definition) is 1. The fraction of sp³-hybridized carbons (Fsp3) is 0.125. The third kappa shape index (κ3) is 1.93. The van der Waals surface area contributed by atoms with E-state index in [0.29, 0.717) is 11.3 Å². The molecule has 2 N–H and O–H groups in total. The van der Waals surface area contributed by atoms with Crippen LogP contribution in [0.3, 0.4) is 0 Å². The van der Waals surface area contributed by atoms with E-state index in [2.05, 4.69) is 0 Å². The average molecular weight is 177 g/mol. The number of nitrogens with zero attached hydrogens (tertiary/aromatic N) is 2. The Labute approximate surface area is 74.5 Å². The van der Waals surface area contributed by atoms with E-state index in [0.717, 1.165) is 0 Å². The summed E-state index contributed by atoms with van der Waals surface area (Å²) in [4.78, 5) is 9.84. The number of nitrogen functional groups attached to an aromatic ring is 1. The van der Waals surface area contributed by atoms with Crippen LogP contribution in [0.1, 0.15) is 5.56 Å². The molecule has 0 saturated heterocycles. The molecule has 0 radical (unpaired) electrons. The summed E-state index contributed by atoms with van der Waals surface area (Å²) in [5.74, 6) is 0. The summed E-state index contributed by atoms with van der Waals surface area (Å²) in [7, 11) is 0. The second-order valence-corrected chi connectivity index (χ2v) is 2.48. The van der Waals surface area contributed by atoms with Crippen molar-refractivity contribution in [2.24, 2.45) is 0 Å². The van der Waals surface area contributed by atoms with E-state index in [9.17, 15) is 10.1 Å². The van der Waals surface area contributed by atoms with Gasteiger partial charge in [0.25, 0.3) is 5.69 Å². The Balaban J connectivity index is 3.12. The number of anilines is 1. The summed E-state index contributed by atoms with van der Waals surface area (Å²) in [5.41, 5.74) is 6.37. The van der Waals surface area contributed by atoms with Gasteiger partial charge >= 0.3 is 0 Å². The van der Waals surface area contributed by atoms with E-state index in [1.165, 1.54) is 18.2 Å². The number of nitrogens with two attached hydrogens (primary N) is 1. The van der Waals surface area contributed by atoms with Crippen molar-refractivity contribution in [2.75, 3.05) is 5.73 Å². The lowest BCUT2D eigenvalue weighted by molar-refractivity contribution is -0.384. The van der Waals surface area contributed by atoms with Gasteiger partial charge < -0.3 is 5.73 Å². The van der Waals surface area contributed by atoms with Crippen molar-refractivity contribution >= 4 is 11.4 Å². The van der Waals surface area contributed by atoms with Crippen LogP contribution in [0.15, 0.2) is 18.2 Å². The predicted octanol–water partition coefficient (Wildman–Crippen LogP) is 1.24. The van der Waals surface area contributed by atoms with Gasteiger partial charge in [-0.15, -0.1) is 0 Å². The molecule has 0 heterocycles. The van der Waals surface area contributed by atoms with Crippen molar-refractivity contribution in [3.63, 3.8) is 0 Å². The quantitative estimate of drug-likeness (QED) is 0.417. The third-order valence-electron chi connectivity index (χ3n) is 1.61. The van der Waals surface area contributed by atoms with E-state index in [1.807, 2.05) is 6.07 Å². The zero-order valence-electron chi connectivity index (χ0n) is 6.73. The zero-order valence-corrected chi connectivity index (χ0v) is 6.73. The van der Waals surface area contributed by atoms with Crippen molar-refractivity contribution in [3.8, 4) is 6.07 Å². The molecule has 1 aromatic carbocycles. The second kappa shape index (κ2) is 3.54. The highest BCUT2D eigenvalue weighted by Gasteiger charge is 2.08. The maximum absolute atomic E-state index is 10.4. The van der Waals surface area contributed by atoms with E-state index in [4.69, 9.17) is 11.0 Å². The number of benzene rings is 1. The number of nitro benzene ring substituents is 1. The van der Waals surface area contributed by atoms with Crippen LogP contribution in [0.2, 0.25) is 0 Å². The van der Waals surface area contributed by atoms with E-state index >= 15 is 0 Å². The van der Waals surface area contributed by atoms with Gasteiger partial charge in [-0.2, -0.15) is 5.26 Å². The minimum absolute atomic E-state index is 0.0422. The predicted molar refractivity (Wildman–Crippen MR) is 46.8 cm³/mol. The Morgan fingerprint density at radius 2 is 2.31 bits per heavy atom. The molecule has 0 atom stereocenters. The minimum Gasteiger partial charge on any atom is -0.398 e. The van der Waals surface area contributed by atoms with Crippen molar-refractivity contribution < 1.29 is 4.92 Å². The molecule has 0 amide bonds. The minimum atomic E-state index is -0.514. The van der Waals surface area contributed by atoms with Crippen LogP contribution < -0.4 is 5.73 Å². The van der Waals surface area contributed by atoms with Crippen LogP contribution in [0.4, 0.5) is 11.4 Å². The van der Waals surface area contributed by atoms with Crippen LogP contribution in [0.5, 0.6) is 0 Å². The lowest BCUT2D eigenvalue weighted by Gasteiger charge is -1.99. The summed E-state index contributed by atoms with van der Waals surface area (Å²) in [6.45, 7) is 0. The standard InChI is InChI=1S/C8H7N3O2/c9-4-3-6-5-7(11(12)13)1-2-8(6)10/h1-2,5H,3,10H2. The molecule has 0 spiro atoms.